The fourth-order valence-electron chi connectivity index (χ4n) is 4.14. The average Bonchev–Trinajstić information content (AvgIpc) is 3.25. The van der Waals surface area contributed by atoms with Gasteiger partial charge in [-0.3, -0.25) is 0 Å². The van der Waals surface area contributed by atoms with Crippen LogP contribution in [0.15, 0.2) is 55.1 Å². The van der Waals surface area contributed by atoms with Crippen molar-refractivity contribution in [2.75, 3.05) is 19.0 Å². The van der Waals surface area contributed by atoms with Gasteiger partial charge in [-0.25, -0.2) is 15.0 Å². The zero-order chi connectivity index (χ0) is 19.1. The van der Waals surface area contributed by atoms with Crippen LogP contribution >= 0.6 is 0 Å². The van der Waals surface area contributed by atoms with Crippen molar-refractivity contribution in [3.63, 3.8) is 0 Å². The maximum atomic E-state index is 6.39. The van der Waals surface area contributed by atoms with Crippen LogP contribution < -0.4 is 4.90 Å². The highest BCUT2D eigenvalue weighted by Crippen LogP contribution is 2.40. The van der Waals surface area contributed by atoms with Crippen LogP contribution in [0.1, 0.15) is 18.0 Å². The average molecular weight is 377 g/mol. The topological polar surface area (TPSA) is 65.3 Å². The number of hydrogen-bond acceptors (Lipinski definition) is 6. The van der Waals surface area contributed by atoms with E-state index in [1.165, 1.54) is 0 Å². The molecule has 144 valence electrons. The second-order valence-corrected chi connectivity index (χ2v) is 7.47. The van der Waals surface area contributed by atoms with Crippen LogP contribution in [0.3, 0.4) is 0 Å². The monoisotopic (exact) mass is 377 g/mol. The second kappa shape index (κ2) is 7.00. The molecular formula is C21H23N5O2. The summed E-state index contributed by atoms with van der Waals surface area (Å²) in [6.45, 7) is 0.549. The minimum Gasteiger partial charge on any atom is -0.368 e. The lowest BCUT2D eigenvalue weighted by atomic mass is 10.0. The molecule has 7 heteroatoms. The van der Waals surface area contributed by atoms with Gasteiger partial charge in [-0.2, -0.15) is 0 Å². The molecule has 1 saturated heterocycles. The van der Waals surface area contributed by atoms with E-state index in [0.29, 0.717) is 6.61 Å². The predicted octanol–water partition coefficient (Wildman–Crippen LogP) is 2.75. The third kappa shape index (κ3) is 2.87. The first kappa shape index (κ1) is 17.3. The molecule has 2 aromatic heterocycles. The highest BCUT2D eigenvalue weighted by molar-refractivity contribution is 5.83. The van der Waals surface area contributed by atoms with Gasteiger partial charge in [-0.15, -0.1) is 0 Å². The van der Waals surface area contributed by atoms with Crippen molar-refractivity contribution in [3.05, 3.63) is 60.7 Å². The van der Waals surface area contributed by atoms with E-state index in [1.807, 2.05) is 43.5 Å². The van der Waals surface area contributed by atoms with E-state index in [0.717, 1.165) is 29.0 Å². The summed E-state index contributed by atoms with van der Waals surface area (Å²) in [6.07, 6.45) is 8.50. The second-order valence-electron chi connectivity index (χ2n) is 7.47. The van der Waals surface area contributed by atoms with Crippen LogP contribution in [0.25, 0.3) is 11.2 Å². The lowest BCUT2D eigenvalue weighted by molar-refractivity contribution is -0.0132. The fourth-order valence-corrected chi connectivity index (χ4v) is 4.14. The molecule has 4 heterocycles. The summed E-state index contributed by atoms with van der Waals surface area (Å²) in [5.41, 5.74) is 2.76. The van der Waals surface area contributed by atoms with Gasteiger partial charge in [0.15, 0.2) is 17.0 Å². The molecule has 0 spiro atoms. The standard InChI is InChI=1S/C21H23N5O2/c1-25(2)20-17-21(23-12-22-20)26(13-24-17)18-15-9-6-10-16(28-15)19(18)27-11-14-7-4-3-5-8-14/h3-8,10,12-13,15-16,18-19H,9,11H2,1-2H3/t15-,16+,18-,19-/m0/s1. The smallest absolute Gasteiger partial charge is 0.165 e. The van der Waals surface area contributed by atoms with Crippen LogP contribution in [-0.4, -0.2) is 51.9 Å². The Labute approximate surface area is 163 Å². The molecule has 2 aliphatic heterocycles. The molecule has 2 bridgehead atoms. The fraction of sp³-hybridized carbons (Fsp3) is 0.381. The minimum atomic E-state index is -0.0980. The van der Waals surface area contributed by atoms with Crippen molar-refractivity contribution in [1.29, 1.82) is 0 Å². The first-order chi connectivity index (χ1) is 13.7. The van der Waals surface area contributed by atoms with E-state index in [1.54, 1.807) is 6.33 Å². The number of benzene rings is 1. The SMILES string of the molecule is CN(C)c1ncnc2c1ncn2[C@@H]1[C@@H](OCc2ccccc2)[C@H]2C=CC[C@@H]1O2. The number of imidazole rings is 1. The maximum Gasteiger partial charge on any atom is 0.165 e. The Morgan fingerprint density at radius 3 is 2.86 bits per heavy atom. The van der Waals surface area contributed by atoms with Crippen molar-refractivity contribution in [1.82, 2.24) is 19.5 Å². The highest BCUT2D eigenvalue weighted by Gasteiger charge is 2.47. The number of anilines is 1. The number of aromatic nitrogens is 4. The van der Waals surface area contributed by atoms with Gasteiger partial charge >= 0.3 is 0 Å². The minimum absolute atomic E-state index is 0.0126. The zero-order valence-corrected chi connectivity index (χ0v) is 16.0. The van der Waals surface area contributed by atoms with E-state index >= 15 is 0 Å². The summed E-state index contributed by atoms with van der Waals surface area (Å²) in [4.78, 5) is 15.5. The summed E-state index contributed by atoms with van der Waals surface area (Å²) in [5.74, 6) is 0.811. The highest BCUT2D eigenvalue weighted by atomic mass is 16.6. The Balaban J connectivity index is 1.50. The molecule has 2 aliphatic rings. The van der Waals surface area contributed by atoms with E-state index in [2.05, 4.69) is 43.8 Å². The molecule has 28 heavy (non-hydrogen) atoms. The third-order valence-electron chi connectivity index (χ3n) is 5.44. The van der Waals surface area contributed by atoms with Gasteiger partial charge in [0.1, 0.15) is 18.5 Å². The van der Waals surface area contributed by atoms with Crippen molar-refractivity contribution in [2.45, 2.75) is 37.4 Å². The molecule has 1 aromatic carbocycles. The lowest BCUT2D eigenvalue weighted by Gasteiger charge is -2.24. The number of rotatable bonds is 5. The van der Waals surface area contributed by atoms with Crippen LogP contribution in [0.4, 0.5) is 5.82 Å². The van der Waals surface area contributed by atoms with Gasteiger partial charge in [-0.1, -0.05) is 42.5 Å². The number of fused-ring (bicyclic) bond motifs is 3. The number of hydrogen-bond donors (Lipinski definition) is 0. The first-order valence-electron chi connectivity index (χ1n) is 9.55. The molecular weight excluding hydrogens is 354 g/mol. The van der Waals surface area contributed by atoms with E-state index in [-0.39, 0.29) is 24.4 Å². The Morgan fingerprint density at radius 2 is 2.04 bits per heavy atom. The third-order valence-corrected chi connectivity index (χ3v) is 5.44. The van der Waals surface area contributed by atoms with Crippen LogP contribution in [-0.2, 0) is 16.1 Å². The van der Waals surface area contributed by atoms with Crippen LogP contribution in [0, 0.1) is 0 Å². The Hall–Kier alpha value is -2.77. The molecule has 5 rings (SSSR count). The largest absolute Gasteiger partial charge is 0.368 e. The molecule has 0 aliphatic carbocycles. The Morgan fingerprint density at radius 1 is 1.18 bits per heavy atom. The normalized spacial score (nSPS) is 26.1. The predicted molar refractivity (Wildman–Crippen MR) is 106 cm³/mol. The quantitative estimate of drug-likeness (QED) is 0.637. The summed E-state index contributed by atoms with van der Waals surface area (Å²) < 4.78 is 14.7. The molecule has 4 atom stereocenters. The molecule has 0 amide bonds. The number of nitrogens with zero attached hydrogens (tertiary/aromatic N) is 5. The van der Waals surface area contributed by atoms with Gasteiger partial charge in [0.05, 0.1) is 25.1 Å². The van der Waals surface area contributed by atoms with Gasteiger partial charge in [0.2, 0.25) is 0 Å². The van der Waals surface area contributed by atoms with Gasteiger partial charge in [-0.05, 0) is 12.0 Å². The summed E-state index contributed by atoms with van der Waals surface area (Å²) in [6, 6.07) is 10.2. The summed E-state index contributed by atoms with van der Waals surface area (Å²) in [5, 5.41) is 0. The van der Waals surface area contributed by atoms with Gasteiger partial charge < -0.3 is 18.9 Å². The number of ether oxygens (including phenoxy) is 2. The van der Waals surface area contributed by atoms with Crippen molar-refractivity contribution in [3.8, 4) is 0 Å². The van der Waals surface area contributed by atoms with Crippen LogP contribution in [0.5, 0.6) is 0 Å². The molecule has 0 saturated carbocycles. The van der Waals surface area contributed by atoms with E-state index in [4.69, 9.17) is 9.47 Å². The van der Waals surface area contributed by atoms with Gasteiger partial charge in [0.25, 0.3) is 0 Å². The van der Waals surface area contributed by atoms with E-state index in [9.17, 15) is 0 Å². The summed E-state index contributed by atoms with van der Waals surface area (Å²) in [7, 11) is 3.92. The molecule has 3 aromatic rings. The maximum absolute atomic E-state index is 6.39. The molecule has 1 fully saturated rings. The van der Waals surface area contributed by atoms with Crippen LogP contribution in [0.2, 0.25) is 0 Å². The lowest BCUT2D eigenvalue weighted by Crippen LogP contribution is -2.31. The molecule has 0 N–H and O–H groups in total. The van der Waals surface area contributed by atoms with Crippen molar-refractivity contribution < 1.29 is 9.47 Å². The molecule has 0 unspecified atom stereocenters. The first-order valence-corrected chi connectivity index (χ1v) is 9.55. The Kier molecular flexibility index (Phi) is 4.33. The zero-order valence-electron chi connectivity index (χ0n) is 16.0. The molecule has 0 radical (unpaired) electrons. The Bertz CT molecular complexity index is 1000. The van der Waals surface area contributed by atoms with E-state index < -0.39 is 0 Å². The molecule has 7 nitrogen and oxygen atoms in total. The van der Waals surface area contributed by atoms with Gasteiger partial charge in [0, 0.05) is 14.1 Å². The summed E-state index contributed by atoms with van der Waals surface area (Å²) >= 11 is 0. The van der Waals surface area contributed by atoms with Crippen molar-refractivity contribution in [2.24, 2.45) is 0 Å². The van der Waals surface area contributed by atoms with Crippen molar-refractivity contribution >= 4 is 17.0 Å².